The van der Waals surface area contributed by atoms with Gasteiger partial charge in [-0.15, -0.1) is 0 Å². The summed E-state index contributed by atoms with van der Waals surface area (Å²) in [6.07, 6.45) is 3.55. The minimum absolute atomic E-state index is 0.912. The zero-order valence-corrected chi connectivity index (χ0v) is 9.73. The van der Waals surface area contributed by atoms with Crippen LogP contribution < -0.4 is 10.2 Å². The van der Waals surface area contributed by atoms with Crippen molar-refractivity contribution in [3.05, 3.63) is 54.0 Å². The largest absolute Gasteiger partial charge is 0.472 e. The molecule has 0 atom stereocenters. The molecule has 0 saturated carbocycles. The predicted octanol–water partition coefficient (Wildman–Crippen LogP) is 2.39. The number of hydrogen-bond acceptors (Lipinski definition) is 3. The van der Waals surface area contributed by atoms with E-state index in [0.717, 1.165) is 26.2 Å². The Morgan fingerprint density at radius 1 is 1.24 bits per heavy atom. The monoisotopic (exact) mass is 228 g/mol. The Balaban J connectivity index is 1.89. The number of fused-ring (bicyclic) bond motifs is 1. The second kappa shape index (κ2) is 4.63. The van der Waals surface area contributed by atoms with E-state index in [1.54, 1.807) is 6.26 Å². The molecule has 0 amide bonds. The molecule has 0 spiro atoms. The SMILES string of the molecule is c1ccc2c(c1)CNCCN2Cc1ccoc1. The van der Waals surface area contributed by atoms with E-state index >= 15 is 0 Å². The number of para-hydroxylation sites is 1. The molecule has 1 aromatic heterocycles. The summed E-state index contributed by atoms with van der Waals surface area (Å²) in [5, 5.41) is 3.45. The number of nitrogens with zero attached hydrogens (tertiary/aromatic N) is 1. The molecule has 1 aliphatic rings. The maximum absolute atomic E-state index is 5.13. The first-order valence-corrected chi connectivity index (χ1v) is 5.98. The molecule has 1 N–H and O–H groups in total. The van der Waals surface area contributed by atoms with Crippen LogP contribution in [0.15, 0.2) is 47.3 Å². The molecule has 0 saturated heterocycles. The van der Waals surface area contributed by atoms with Crippen LogP contribution in [0.2, 0.25) is 0 Å². The number of rotatable bonds is 2. The number of furan rings is 1. The van der Waals surface area contributed by atoms with Gasteiger partial charge in [-0.25, -0.2) is 0 Å². The first kappa shape index (κ1) is 10.4. The maximum Gasteiger partial charge on any atom is 0.0952 e. The molecule has 0 radical (unpaired) electrons. The number of hydrogen-bond donors (Lipinski definition) is 1. The van der Waals surface area contributed by atoms with Crippen LogP contribution >= 0.6 is 0 Å². The Hall–Kier alpha value is -1.74. The predicted molar refractivity (Wildman–Crippen MR) is 67.9 cm³/mol. The molecule has 88 valence electrons. The third-order valence-electron chi connectivity index (χ3n) is 3.16. The minimum Gasteiger partial charge on any atom is -0.472 e. The van der Waals surface area contributed by atoms with Crippen molar-refractivity contribution in [3.8, 4) is 0 Å². The molecular formula is C14H16N2O. The van der Waals surface area contributed by atoms with E-state index in [2.05, 4.69) is 34.5 Å². The lowest BCUT2D eigenvalue weighted by Gasteiger charge is -2.23. The van der Waals surface area contributed by atoms with Crippen LogP contribution in [0.5, 0.6) is 0 Å². The normalized spacial score (nSPS) is 15.4. The molecule has 3 heteroatoms. The van der Waals surface area contributed by atoms with E-state index in [1.165, 1.54) is 16.8 Å². The van der Waals surface area contributed by atoms with Gasteiger partial charge in [0.05, 0.1) is 12.5 Å². The van der Waals surface area contributed by atoms with Gasteiger partial charge in [-0.05, 0) is 17.7 Å². The molecular weight excluding hydrogens is 212 g/mol. The number of anilines is 1. The van der Waals surface area contributed by atoms with Crippen molar-refractivity contribution in [1.29, 1.82) is 0 Å². The second-order valence-electron chi connectivity index (χ2n) is 4.36. The fourth-order valence-electron chi connectivity index (χ4n) is 2.29. The quantitative estimate of drug-likeness (QED) is 0.855. The Morgan fingerprint density at radius 2 is 2.18 bits per heavy atom. The zero-order valence-electron chi connectivity index (χ0n) is 9.73. The van der Waals surface area contributed by atoms with Crippen molar-refractivity contribution >= 4 is 5.69 Å². The van der Waals surface area contributed by atoms with Crippen LogP contribution in [0, 0.1) is 0 Å². The van der Waals surface area contributed by atoms with Gasteiger partial charge < -0.3 is 14.6 Å². The zero-order chi connectivity index (χ0) is 11.5. The summed E-state index contributed by atoms with van der Waals surface area (Å²) in [5.74, 6) is 0. The van der Waals surface area contributed by atoms with E-state index in [9.17, 15) is 0 Å². The molecule has 17 heavy (non-hydrogen) atoms. The van der Waals surface area contributed by atoms with Crippen molar-refractivity contribution in [3.63, 3.8) is 0 Å². The van der Waals surface area contributed by atoms with Crippen LogP contribution in [0.4, 0.5) is 5.69 Å². The van der Waals surface area contributed by atoms with E-state index in [1.807, 2.05) is 12.3 Å². The van der Waals surface area contributed by atoms with E-state index in [0.29, 0.717) is 0 Å². The van der Waals surface area contributed by atoms with Crippen LogP contribution in [0.25, 0.3) is 0 Å². The standard InChI is InChI=1S/C14H16N2O/c1-2-4-14-13(3-1)9-15-6-7-16(14)10-12-5-8-17-11-12/h1-5,8,11,15H,6-7,9-10H2. The van der Waals surface area contributed by atoms with Gasteiger partial charge in [0.25, 0.3) is 0 Å². The van der Waals surface area contributed by atoms with Gasteiger partial charge in [0.1, 0.15) is 0 Å². The van der Waals surface area contributed by atoms with Crippen molar-refractivity contribution in [1.82, 2.24) is 5.32 Å². The van der Waals surface area contributed by atoms with Gasteiger partial charge in [0.2, 0.25) is 0 Å². The third kappa shape index (κ3) is 2.19. The highest BCUT2D eigenvalue weighted by atomic mass is 16.3. The minimum atomic E-state index is 0.912. The lowest BCUT2D eigenvalue weighted by Crippen LogP contribution is -2.28. The fraction of sp³-hybridized carbons (Fsp3) is 0.286. The van der Waals surface area contributed by atoms with Crippen LogP contribution in [0.1, 0.15) is 11.1 Å². The second-order valence-corrected chi connectivity index (χ2v) is 4.36. The highest BCUT2D eigenvalue weighted by molar-refractivity contribution is 5.54. The molecule has 3 rings (SSSR count). The van der Waals surface area contributed by atoms with E-state index in [-0.39, 0.29) is 0 Å². The molecule has 1 aliphatic heterocycles. The summed E-state index contributed by atoms with van der Waals surface area (Å²) in [6.45, 7) is 3.92. The summed E-state index contributed by atoms with van der Waals surface area (Å²) >= 11 is 0. The third-order valence-corrected chi connectivity index (χ3v) is 3.16. The Bertz CT molecular complexity index is 479. The Kier molecular flexibility index (Phi) is 2.84. The summed E-state index contributed by atoms with van der Waals surface area (Å²) in [6, 6.07) is 10.6. The smallest absolute Gasteiger partial charge is 0.0952 e. The van der Waals surface area contributed by atoms with Gasteiger partial charge >= 0.3 is 0 Å². The molecule has 1 aromatic carbocycles. The molecule has 3 nitrogen and oxygen atoms in total. The molecule has 2 aromatic rings. The van der Waals surface area contributed by atoms with Gasteiger partial charge in [-0.2, -0.15) is 0 Å². The lowest BCUT2D eigenvalue weighted by molar-refractivity contribution is 0.563. The fourth-order valence-corrected chi connectivity index (χ4v) is 2.29. The molecule has 2 heterocycles. The highest BCUT2D eigenvalue weighted by Gasteiger charge is 2.14. The molecule has 0 unspecified atom stereocenters. The first-order chi connectivity index (χ1) is 8.43. The Morgan fingerprint density at radius 3 is 3.06 bits per heavy atom. The van der Waals surface area contributed by atoms with Gasteiger partial charge in [-0.3, -0.25) is 0 Å². The number of benzene rings is 1. The average molecular weight is 228 g/mol. The van der Waals surface area contributed by atoms with Crippen molar-refractivity contribution in [2.75, 3.05) is 18.0 Å². The van der Waals surface area contributed by atoms with Gasteiger partial charge in [0.15, 0.2) is 0 Å². The average Bonchev–Trinajstić information content (AvgIpc) is 2.78. The summed E-state index contributed by atoms with van der Waals surface area (Å²) < 4.78 is 5.13. The van der Waals surface area contributed by atoms with E-state index in [4.69, 9.17) is 4.42 Å². The maximum atomic E-state index is 5.13. The summed E-state index contributed by atoms with van der Waals surface area (Å²) in [4.78, 5) is 2.40. The van der Waals surface area contributed by atoms with Crippen LogP contribution in [0.3, 0.4) is 0 Å². The van der Waals surface area contributed by atoms with Crippen LogP contribution in [-0.4, -0.2) is 13.1 Å². The lowest BCUT2D eigenvalue weighted by atomic mass is 10.1. The highest BCUT2D eigenvalue weighted by Crippen LogP contribution is 2.23. The Labute approximate surface area is 101 Å². The molecule has 0 aliphatic carbocycles. The summed E-state index contributed by atoms with van der Waals surface area (Å²) in [7, 11) is 0. The number of nitrogens with one attached hydrogen (secondary N) is 1. The first-order valence-electron chi connectivity index (χ1n) is 5.98. The molecule has 0 bridgehead atoms. The van der Waals surface area contributed by atoms with E-state index < -0.39 is 0 Å². The van der Waals surface area contributed by atoms with Gasteiger partial charge in [0, 0.05) is 37.4 Å². The van der Waals surface area contributed by atoms with Gasteiger partial charge in [-0.1, -0.05) is 18.2 Å². The topological polar surface area (TPSA) is 28.4 Å². The van der Waals surface area contributed by atoms with Crippen molar-refractivity contribution < 1.29 is 4.42 Å². The summed E-state index contributed by atoms with van der Waals surface area (Å²) in [5.41, 5.74) is 3.92. The van der Waals surface area contributed by atoms with Crippen molar-refractivity contribution in [2.45, 2.75) is 13.1 Å². The van der Waals surface area contributed by atoms with Crippen molar-refractivity contribution in [2.24, 2.45) is 0 Å². The van der Waals surface area contributed by atoms with Crippen LogP contribution in [-0.2, 0) is 13.1 Å². The molecule has 0 fully saturated rings.